The normalized spacial score (nSPS) is 13.3. The van der Waals surface area contributed by atoms with Gasteiger partial charge in [-0.05, 0) is 33.7 Å². The van der Waals surface area contributed by atoms with E-state index in [0.717, 1.165) is 5.54 Å². The summed E-state index contributed by atoms with van der Waals surface area (Å²) < 4.78 is 4.99. The maximum absolute atomic E-state index is 2.50. The first-order chi connectivity index (χ1) is 12.5. The molecule has 0 saturated carbocycles. The van der Waals surface area contributed by atoms with Crippen LogP contribution in [0.4, 0.5) is 0 Å². The summed E-state index contributed by atoms with van der Waals surface area (Å²) in [6.45, 7) is 4.77. The predicted molar refractivity (Wildman–Crippen MR) is 123 cm³/mol. The fourth-order valence-corrected chi connectivity index (χ4v) is 7.96. The lowest BCUT2D eigenvalue weighted by atomic mass is 10.0. The summed E-state index contributed by atoms with van der Waals surface area (Å²) in [6.07, 6.45) is 23.3. The molecule has 0 N–H and O–H groups in total. The van der Waals surface area contributed by atoms with E-state index in [0.29, 0.717) is 0 Å². The van der Waals surface area contributed by atoms with E-state index in [1.165, 1.54) is 103 Å². The fraction of sp³-hybridized carbons (Fsp3) is 1.00. The Hall–Kier alpha value is 0.137. The molecule has 0 aromatic rings. The molecule has 0 spiro atoms. The number of unbranched alkanes of at least 4 members (excludes halogenated alkanes) is 14. The monoisotopic (exact) mass is 384 g/mol. The summed E-state index contributed by atoms with van der Waals surface area (Å²) in [6, 6.07) is 0. The van der Waals surface area contributed by atoms with Crippen molar-refractivity contribution in [3.8, 4) is 0 Å². The Morgan fingerprint density at radius 1 is 0.538 bits per heavy atom. The van der Waals surface area contributed by atoms with Crippen LogP contribution in [0.25, 0.3) is 0 Å². The molecule has 0 aliphatic rings. The van der Waals surface area contributed by atoms with Crippen LogP contribution in [0.2, 0.25) is 5.54 Å². The summed E-state index contributed by atoms with van der Waals surface area (Å²) >= 11 is 0. The van der Waals surface area contributed by atoms with Crippen LogP contribution in [-0.4, -0.2) is 46.4 Å². The molecule has 0 saturated heterocycles. The zero-order valence-corrected chi connectivity index (χ0v) is 20.5. The van der Waals surface area contributed by atoms with Gasteiger partial charge in [0.2, 0.25) is 0 Å². The maximum atomic E-state index is 2.50. The standard InChI is InChI=1S/C23H52N2Si/c1-7-8-9-10-11-12-13-14-15-16-17-18-19-20-21-22-23(2)26(24(3)4)25(5)6/h23,26H,7-22H2,1-6H3. The van der Waals surface area contributed by atoms with Gasteiger partial charge in [0.25, 0.3) is 0 Å². The van der Waals surface area contributed by atoms with E-state index in [4.69, 9.17) is 0 Å². The van der Waals surface area contributed by atoms with Crippen LogP contribution in [0.5, 0.6) is 0 Å². The molecule has 0 aromatic carbocycles. The quantitative estimate of drug-likeness (QED) is 0.175. The second kappa shape index (κ2) is 18.5. The lowest BCUT2D eigenvalue weighted by Gasteiger charge is -2.33. The highest BCUT2D eigenvalue weighted by Gasteiger charge is 2.23. The molecule has 1 unspecified atom stereocenters. The van der Waals surface area contributed by atoms with E-state index in [9.17, 15) is 0 Å². The van der Waals surface area contributed by atoms with Crippen LogP contribution in [0.15, 0.2) is 0 Å². The molecular weight excluding hydrogens is 332 g/mol. The van der Waals surface area contributed by atoms with Crippen LogP contribution in [0, 0.1) is 0 Å². The molecule has 3 heteroatoms. The van der Waals surface area contributed by atoms with Crippen molar-refractivity contribution in [1.82, 2.24) is 9.13 Å². The number of hydrogen-bond acceptors (Lipinski definition) is 2. The smallest absolute Gasteiger partial charge is 0.192 e. The molecule has 0 amide bonds. The Kier molecular flexibility index (Phi) is 18.6. The van der Waals surface area contributed by atoms with Gasteiger partial charge in [0.15, 0.2) is 9.12 Å². The van der Waals surface area contributed by atoms with Crippen molar-refractivity contribution < 1.29 is 0 Å². The second-order valence-corrected chi connectivity index (χ2v) is 13.1. The third-order valence-corrected chi connectivity index (χ3v) is 9.30. The lowest BCUT2D eigenvalue weighted by molar-refractivity contribution is 0.478. The molecule has 0 aromatic heterocycles. The fourth-order valence-electron chi connectivity index (χ4n) is 4.47. The summed E-state index contributed by atoms with van der Waals surface area (Å²) in [4.78, 5) is 0. The SMILES string of the molecule is CCCCCCCCCCCCCCCCCC(C)[SiH](N(C)C)N(C)C. The Balaban J connectivity index is 3.33. The zero-order chi connectivity index (χ0) is 19.6. The Bertz CT molecular complexity index is 273. The van der Waals surface area contributed by atoms with Crippen LogP contribution in [-0.2, 0) is 0 Å². The van der Waals surface area contributed by atoms with Crippen LogP contribution in [0.1, 0.15) is 117 Å². The lowest BCUT2D eigenvalue weighted by Crippen LogP contribution is -2.48. The number of nitrogens with zero attached hydrogens (tertiary/aromatic N) is 2. The Morgan fingerprint density at radius 2 is 0.846 bits per heavy atom. The first kappa shape index (κ1) is 26.1. The summed E-state index contributed by atoms with van der Waals surface area (Å²) in [5, 5.41) is 0. The third-order valence-electron chi connectivity index (χ3n) is 5.83. The van der Waals surface area contributed by atoms with E-state index in [1.54, 1.807) is 0 Å². The highest BCUT2D eigenvalue weighted by molar-refractivity contribution is 6.54. The molecule has 0 fully saturated rings. The summed E-state index contributed by atoms with van der Waals surface area (Å²) in [7, 11) is 8.15. The van der Waals surface area contributed by atoms with Crippen molar-refractivity contribution in [2.75, 3.05) is 28.2 Å². The molecule has 158 valence electrons. The predicted octanol–water partition coefficient (Wildman–Crippen LogP) is 6.98. The van der Waals surface area contributed by atoms with Crippen LogP contribution in [0.3, 0.4) is 0 Å². The van der Waals surface area contributed by atoms with E-state index in [-0.39, 0.29) is 0 Å². The molecule has 0 bridgehead atoms. The summed E-state index contributed by atoms with van der Waals surface area (Å²) in [5.41, 5.74) is 0.891. The van der Waals surface area contributed by atoms with Crippen molar-refractivity contribution in [2.45, 2.75) is 122 Å². The molecule has 26 heavy (non-hydrogen) atoms. The molecule has 0 rings (SSSR count). The number of rotatable bonds is 19. The largest absolute Gasteiger partial charge is 0.319 e. The highest BCUT2D eigenvalue weighted by Crippen LogP contribution is 2.21. The van der Waals surface area contributed by atoms with Gasteiger partial charge < -0.3 is 9.13 Å². The second-order valence-electron chi connectivity index (χ2n) is 9.06. The van der Waals surface area contributed by atoms with Gasteiger partial charge in [-0.3, -0.25) is 0 Å². The van der Waals surface area contributed by atoms with Crippen molar-refractivity contribution in [3.63, 3.8) is 0 Å². The van der Waals surface area contributed by atoms with E-state index in [1.807, 2.05) is 0 Å². The molecule has 0 radical (unpaired) electrons. The van der Waals surface area contributed by atoms with Gasteiger partial charge in [-0.2, -0.15) is 0 Å². The average Bonchev–Trinajstić information content (AvgIpc) is 2.57. The van der Waals surface area contributed by atoms with Gasteiger partial charge in [0.1, 0.15) is 0 Å². The minimum absolute atomic E-state index is 0.891. The van der Waals surface area contributed by atoms with Gasteiger partial charge in [-0.25, -0.2) is 0 Å². The molecule has 2 nitrogen and oxygen atoms in total. The van der Waals surface area contributed by atoms with E-state index >= 15 is 0 Å². The van der Waals surface area contributed by atoms with Gasteiger partial charge >= 0.3 is 0 Å². The Labute approximate surface area is 168 Å². The molecule has 0 heterocycles. The van der Waals surface area contributed by atoms with Crippen LogP contribution >= 0.6 is 0 Å². The van der Waals surface area contributed by atoms with Crippen molar-refractivity contribution in [1.29, 1.82) is 0 Å². The van der Waals surface area contributed by atoms with E-state index < -0.39 is 9.12 Å². The molecule has 1 atom stereocenters. The van der Waals surface area contributed by atoms with Gasteiger partial charge in [-0.15, -0.1) is 0 Å². The molecular formula is C23H52N2Si. The molecule has 0 aliphatic heterocycles. The topological polar surface area (TPSA) is 6.48 Å². The maximum Gasteiger partial charge on any atom is 0.192 e. The summed E-state index contributed by atoms with van der Waals surface area (Å²) in [5.74, 6) is 0. The first-order valence-corrected chi connectivity index (χ1v) is 13.5. The number of hydrogen-bond donors (Lipinski definition) is 0. The van der Waals surface area contributed by atoms with Crippen molar-refractivity contribution >= 4 is 9.12 Å². The Morgan fingerprint density at radius 3 is 1.15 bits per heavy atom. The first-order valence-electron chi connectivity index (χ1n) is 11.8. The van der Waals surface area contributed by atoms with Crippen molar-refractivity contribution in [2.24, 2.45) is 0 Å². The third kappa shape index (κ3) is 15.2. The highest BCUT2D eigenvalue weighted by atomic mass is 28.3. The van der Waals surface area contributed by atoms with Gasteiger partial charge in [0, 0.05) is 0 Å². The average molecular weight is 385 g/mol. The van der Waals surface area contributed by atoms with E-state index in [2.05, 4.69) is 51.2 Å². The zero-order valence-electron chi connectivity index (χ0n) is 19.4. The minimum Gasteiger partial charge on any atom is -0.319 e. The van der Waals surface area contributed by atoms with Crippen LogP contribution < -0.4 is 0 Å². The van der Waals surface area contributed by atoms with Crippen molar-refractivity contribution in [3.05, 3.63) is 0 Å². The van der Waals surface area contributed by atoms with Gasteiger partial charge in [0.05, 0.1) is 0 Å². The minimum atomic E-state index is -0.901. The van der Waals surface area contributed by atoms with Gasteiger partial charge in [-0.1, -0.05) is 117 Å². The molecule has 0 aliphatic carbocycles.